The minimum Gasteiger partial charge on any atom is -0.385 e. The third-order valence-electron chi connectivity index (χ3n) is 2.46. The van der Waals surface area contributed by atoms with Crippen molar-refractivity contribution in [3.8, 4) is 0 Å². The van der Waals surface area contributed by atoms with Gasteiger partial charge in [-0.25, -0.2) is 0 Å². The van der Waals surface area contributed by atoms with Crippen LogP contribution in [0.4, 0.5) is 0 Å². The van der Waals surface area contributed by atoms with Gasteiger partial charge in [0, 0.05) is 46.4 Å². The predicted octanol–water partition coefficient (Wildman–Crippen LogP) is 0.874. The first-order chi connectivity index (χ1) is 6.93. The van der Waals surface area contributed by atoms with Gasteiger partial charge in [0.25, 0.3) is 0 Å². The number of nitrogens with one attached hydrogen (secondary N) is 1. The summed E-state index contributed by atoms with van der Waals surface area (Å²) in [6, 6.07) is 0. The van der Waals surface area contributed by atoms with E-state index in [-0.39, 0.29) is 0 Å². The highest BCUT2D eigenvalue weighted by Crippen LogP contribution is 1.95. The van der Waals surface area contributed by atoms with E-state index in [1.807, 2.05) is 0 Å². The molecule has 14 heavy (non-hydrogen) atoms. The van der Waals surface area contributed by atoms with E-state index in [4.69, 9.17) is 4.74 Å². The van der Waals surface area contributed by atoms with E-state index in [0.29, 0.717) is 0 Å². The first-order valence-electron chi connectivity index (χ1n) is 5.50. The molecule has 1 aliphatic rings. The Morgan fingerprint density at radius 3 is 2.79 bits per heavy atom. The summed E-state index contributed by atoms with van der Waals surface area (Å²) in [5.41, 5.74) is 0. The minimum absolute atomic E-state index is 0.873. The molecule has 0 aromatic heterocycles. The Morgan fingerprint density at radius 2 is 2.07 bits per heavy atom. The normalized spacial score (nSPS) is 19.2. The van der Waals surface area contributed by atoms with Crippen LogP contribution in [0.15, 0.2) is 12.2 Å². The summed E-state index contributed by atoms with van der Waals surface area (Å²) in [4.78, 5) is 2.48. The van der Waals surface area contributed by atoms with Gasteiger partial charge in [0.1, 0.15) is 0 Å². The van der Waals surface area contributed by atoms with Gasteiger partial charge in [-0.05, 0) is 12.8 Å². The first-order valence-corrected chi connectivity index (χ1v) is 5.50. The van der Waals surface area contributed by atoms with E-state index in [2.05, 4.69) is 22.4 Å². The lowest BCUT2D eigenvalue weighted by molar-refractivity contribution is 0.195. The van der Waals surface area contributed by atoms with Gasteiger partial charge in [-0.15, -0.1) is 0 Å². The zero-order valence-corrected chi connectivity index (χ0v) is 9.17. The summed E-state index contributed by atoms with van der Waals surface area (Å²) in [5.74, 6) is 0. The van der Waals surface area contributed by atoms with Gasteiger partial charge in [-0.2, -0.15) is 0 Å². The number of allylic oxidation sites excluding steroid dienone is 1. The summed E-state index contributed by atoms with van der Waals surface area (Å²) in [6.45, 7) is 6.62. The lowest BCUT2D eigenvalue weighted by Gasteiger charge is -2.25. The van der Waals surface area contributed by atoms with Crippen molar-refractivity contribution in [2.75, 3.05) is 46.4 Å². The van der Waals surface area contributed by atoms with Crippen LogP contribution in [0, 0.1) is 0 Å². The molecular weight excluding hydrogens is 176 g/mol. The monoisotopic (exact) mass is 198 g/mol. The van der Waals surface area contributed by atoms with Crippen molar-refractivity contribution in [3.63, 3.8) is 0 Å². The molecule has 0 radical (unpaired) electrons. The highest BCUT2D eigenvalue weighted by atomic mass is 16.5. The van der Waals surface area contributed by atoms with Crippen molar-refractivity contribution in [2.24, 2.45) is 0 Å². The zero-order valence-electron chi connectivity index (χ0n) is 9.17. The highest BCUT2D eigenvalue weighted by molar-refractivity contribution is 4.86. The van der Waals surface area contributed by atoms with Gasteiger partial charge >= 0.3 is 0 Å². The first kappa shape index (κ1) is 11.7. The standard InChI is InChI=1S/C11H22N2O/c1-14-11-5-3-2-4-8-13-9-6-12-7-10-13/h2,4,12H,3,5-11H2,1H3/b4-2-. The summed E-state index contributed by atoms with van der Waals surface area (Å²) >= 11 is 0. The maximum absolute atomic E-state index is 4.99. The fraction of sp³-hybridized carbons (Fsp3) is 0.818. The highest BCUT2D eigenvalue weighted by Gasteiger charge is 2.06. The molecule has 0 amide bonds. The molecule has 0 unspecified atom stereocenters. The van der Waals surface area contributed by atoms with Crippen LogP contribution in [-0.4, -0.2) is 51.3 Å². The number of rotatable bonds is 6. The van der Waals surface area contributed by atoms with Crippen LogP contribution in [0.5, 0.6) is 0 Å². The molecular formula is C11H22N2O. The molecule has 1 heterocycles. The Kier molecular flexibility index (Phi) is 6.66. The quantitative estimate of drug-likeness (QED) is 0.506. The predicted molar refractivity (Wildman–Crippen MR) is 59.6 cm³/mol. The van der Waals surface area contributed by atoms with Gasteiger partial charge in [0.2, 0.25) is 0 Å². The Morgan fingerprint density at radius 1 is 1.29 bits per heavy atom. The average Bonchev–Trinajstić information content (AvgIpc) is 2.25. The molecule has 0 saturated carbocycles. The van der Waals surface area contributed by atoms with Crippen molar-refractivity contribution >= 4 is 0 Å². The minimum atomic E-state index is 0.873. The summed E-state index contributed by atoms with van der Waals surface area (Å²) in [6.07, 6.45) is 6.82. The van der Waals surface area contributed by atoms with Crippen LogP contribution in [0.3, 0.4) is 0 Å². The lowest BCUT2D eigenvalue weighted by atomic mass is 10.3. The van der Waals surface area contributed by atoms with Crippen LogP contribution in [0.25, 0.3) is 0 Å². The third-order valence-corrected chi connectivity index (χ3v) is 2.46. The number of hydrogen-bond acceptors (Lipinski definition) is 3. The van der Waals surface area contributed by atoms with Gasteiger partial charge in [-0.3, -0.25) is 4.90 Å². The summed E-state index contributed by atoms with van der Waals surface area (Å²) < 4.78 is 4.99. The summed E-state index contributed by atoms with van der Waals surface area (Å²) in [7, 11) is 1.75. The van der Waals surface area contributed by atoms with Gasteiger partial charge in [0.05, 0.1) is 0 Å². The van der Waals surface area contributed by atoms with Crippen molar-refractivity contribution in [3.05, 3.63) is 12.2 Å². The second kappa shape index (κ2) is 7.97. The molecule has 1 aliphatic heterocycles. The summed E-state index contributed by atoms with van der Waals surface area (Å²) in [5, 5.41) is 3.35. The van der Waals surface area contributed by atoms with Crippen molar-refractivity contribution in [1.82, 2.24) is 10.2 Å². The number of ether oxygens (including phenoxy) is 1. The van der Waals surface area contributed by atoms with E-state index in [1.54, 1.807) is 7.11 Å². The number of nitrogens with zero attached hydrogens (tertiary/aromatic N) is 1. The molecule has 0 aromatic rings. The molecule has 3 nitrogen and oxygen atoms in total. The largest absolute Gasteiger partial charge is 0.385 e. The molecule has 1 N–H and O–H groups in total. The molecule has 1 saturated heterocycles. The molecule has 1 fully saturated rings. The van der Waals surface area contributed by atoms with Crippen LogP contribution < -0.4 is 5.32 Å². The Bertz CT molecular complexity index is 153. The Labute approximate surface area is 87.1 Å². The molecule has 1 rings (SSSR count). The Balaban J connectivity index is 1.95. The van der Waals surface area contributed by atoms with Gasteiger partial charge in [-0.1, -0.05) is 12.2 Å². The molecule has 0 spiro atoms. The lowest BCUT2D eigenvalue weighted by Crippen LogP contribution is -2.43. The number of piperazine rings is 1. The van der Waals surface area contributed by atoms with Gasteiger partial charge in [0.15, 0.2) is 0 Å². The van der Waals surface area contributed by atoms with E-state index in [1.165, 1.54) is 13.1 Å². The molecule has 0 aliphatic carbocycles. The van der Waals surface area contributed by atoms with Gasteiger partial charge < -0.3 is 10.1 Å². The third kappa shape index (κ3) is 5.37. The number of methoxy groups -OCH3 is 1. The average molecular weight is 198 g/mol. The number of unbranched alkanes of at least 4 members (excludes halogenated alkanes) is 1. The van der Waals surface area contributed by atoms with E-state index in [9.17, 15) is 0 Å². The molecule has 82 valence electrons. The van der Waals surface area contributed by atoms with E-state index < -0.39 is 0 Å². The second-order valence-corrected chi connectivity index (χ2v) is 3.66. The fourth-order valence-corrected chi connectivity index (χ4v) is 1.58. The van der Waals surface area contributed by atoms with Crippen molar-refractivity contribution in [1.29, 1.82) is 0 Å². The Hall–Kier alpha value is -0.380. The number of hydrogen-bond donors (Lipinski definition) is 1. The smallest absolute Gasteiger partial charge is 0.0465 e. The van der Waals surface area contributed by atoms with Crippen molar-refractivity contribution in [2.45, 2.75) is 12.8 Å². The second-order valence-electron chi connectivity index (χ2n) is 3.66. The van der Waals surface area contributed by atoms with Crippen LogP contribution in [-0.2, 0) is 4.74 Å². The molecule has 0 atom stereocenters. The molecule has 0 aromatic carbocycles. The SMILES string of the molecule is COCCC/C=C\CN1CCNCC1. The van der Waals surface area contributed by atoms with Crippen LogP contribution in [0.2, 0.25) is 0 Å². The van der Waals surface area contributed by atoms with Crippen LogP contribution >= 0.6 is 0 Å². The van der Waals surface area contributed by atoms with Crippen molar-refractivity contribution < 1.29 is 4.74 Å². The van der Waals surface area contributed by atoms with E-state index >= 15 is 0 Å². The van der Waals surface area contributed by atoms with E-state index in [0.717, 1.165) is 39.1 Å². The maximum atomic E-state index is 4.99. The molecule has 3 heteroatoms. The molecule has 0 bridgehead atoms. The zero-order chi connectivity index (χ0) is 10.1. The van der Waals surface area contributed by atoms with Crippen LogP contribution in [0.1, 0.15) is 12.8 Å². The maximum Gasteiger partial charge on any atom is 0.0465 e. The topological polar surface area (TPSA) is 24.5 Å². The fourth-order valence-electron chi connectivity index (χ4n) is 1.58.